The number of hydrogen-bond donors (Lipinski definition) is 5. The standard InChI is InChI=1S/C23H35N3O4S/c1-31(29,30)26-21-16-20(12-13-22(21)27)23(28)17-25-15-5-3-7-19-10-8-18(9-11-19)6-2-4-14-24/h8-13,16,23,25-28H,2-7,14-15,17,24H2,1H3. The number of unbranched alkanes of at least 4 members (excludes halogenated alkanes) is 2. The van der Waals surface area contributed by atoms with Gasteiger partial charge in [0.1, 0.15) is 5.75 Å². The molecule has 2 aromatic rings. The number of phenols is 1. The Hall–Kier alpha value is -2.13. The number of aryl methyl sites for hydroxylation is 2. The quantitative estimate of drug-likeness (QED) is 0.223. The Morgan fingerprint density at radius 3 is 2.16 bits per heavy atom. The van der Waals surface area contributed by atoms with Crippen LogP contribution in [0.25, 0.3) is 0 Å². The first-order valence-electron chi connectivity index (χ1n) is 10.8. The van der Waals surface area contributed by atoms with Crippen LogP contribution in [0.3, 0.4) is 0 Å². The maximum atomic E-state index is 11.4. The van der Waals surface area contributed by atoms with Crippen molar-refractivity contribution in [1.29, 1.82) is 0 Å². The zero-order valence-electron chi connectivity index (χ0n) is 18.2. The fraction of sp³-hybridized carbons (Fsp3) is 0.478. The van der Waals surface area contributed by atoms with Crippen LogP contribution in [0.4, 0.5) is 5.69 Å². The van der Waals surface area contributed by atoms with Gasteiger partial charge in [-0.2, -0.15) is 0 Å². The average molecular weight is 450 g/mol. The number of benzene rings is 2. The monoisotopic (exact) mass is 449 g/mol. The Kier molecular flexibility index (Phi) is 10.3. The maximum absolute atomic E-state index is 11.4. The molecule has 0 heterocycles. The van der Waals surface area contributed by atoms with E-state index in [1.165, 1.54) is 23.3 Å². The van der Waals surface area contributed by atoms with Crippen LogP contribution in [0.1, 0.15) is 48.5 Å². The van der Waals surface area contributed by atoms with E-state index in [-0.39, 0.29) is 11.4 Å². The van der Waals surface area contributed by atoms with Crippen molar-refractivity contribution >= 4 is 15.7 Å². The second-order valence-electron chi connectivity index (χ2n) is 7.89. The second-order valence-corrected chi connectivity index (χ2v) is 9.64. The van der Waals surface area contributed by atoms with Gasteiger partial charge in [0.05, 0.1) is 18.0 Å². The number of aliphatic hydroxyl groups excluding tert-OH is 1. The number of nitrogens with one attached hydrogen (secondary N) is 2. The summed E-state index contributed by atoms with van der Waals surface area (Å²) in [5.74, 6) is -0.182. The number of aliphatic hydroxyl groups is 1. The minimum atomic E-state index is -3.51. The molecule has 0 spiro atoms. The predicted molar refractivity (Wildman–Crippen MR) is 126 cm³/mol. The second kappa shape index (κ2) is 12.7. The third-order valence-electron chi connectivity index (χ3n) is 5.05. The van der Waals surface area contributed by atoms with Gasteiger partial charge in [0.15, 0.2) is 0 Å². The Labute approximate surface area is 185 Å². The Morgan fingerprint density at radius 2 is 1.58 bits per heavy atom. The van der Waals surface area contributed by atoms with Crippen molar-refractivity contribution in [2.45, 2.75) is 44.6 Å². The number of nitrogens with two attached hydrogens (primary N) is 1. The molecule has 0 aliphatic rings. The number of rotatable bonds is 14. The van der Waals surface area contributed by atoms with Crippen molar-refractivity contribution in [3.63, 3.8) is 0 Å². The maximum Gasteiger partial charge on any atom is 0.229 e. The SMILES string of the molecule is CS(=O)(=O)Nc1cc(C(O)CNCCCCc2ccc(CCCCN)cc2)ccc1O. The van der Waals surface area contributed by atoms with E-state index in [9.17, 15) is 18.6 Å². The highest BCUT2D eigenvalue weighted by Gasteiger charge is 2.12. The molecule has 2 aromatic carbocycles. The molecular formula is C23H35N3O4S. The topological polar surface area (TPSA) is 125 Å². The Bertz CT molecular complexity index is 902. The van der Waals surface area contributed by atoms with Gasteiger partial charge < -0.3 is 21.3 Å². The summed E-state index contributed by atoms with van der Waals surface area (Å²) in [6.07, 6.45) is 6.55. The van der Waals surface area contributed by atoms with Gasteiger partial charge in [-0.3, -0.25) is 4.72 Å². The lowest BCUT2D eigenvalue weighted by Crippen LogP contribution is -2.22. The summed E-state index contributed by atoms with van der Waals surface area (Å²) in [6, 6.07) is 13.2. The molecule has 7 nitrogen and oxygen atoms in total. The Balaban J connectivity index is 1.68. The first-order valence-corrected chi connectivity index (χ1v) is 12.6. The molecule has 0 aliphatic heterocycles. The van der Waals surface area contributed by atoms with E-state index in [2.05, 4.69) is 34.3 Å². The molecule has 8 heteroatoms. The van der Waals surface area contributed by atoms with Crippen LogP contribution < -0.4 is 15.8 Å². The van der Waals surface area contributed by atoms with E-state index >= 15 is 0 Å². The van der Waals surface area contributed by atoms with E-state index < -0.39 is 16.1 Å². The molecule has 172 valence electrons. The number of phenolic OH excluding ortho intramolecular Hbond substituents is 1. The molecule has 0 bridgehead atoms. The van der Waals surface area contributed by atoms with E-state index in [4.69, 9.17) is 5.73 Å². The summed E-state index contributed by atoms with van der Waals surface area (Å²) < 4.78 is 25.0. The lowest BCUT2D eigenvalue weighted by molar-refractivity contribution is 0.174. The van der Waals surface area contributed by atoms with E-state index in [1.807, 2.05) is 0 Å². The predicted octanol–water partition coefficient (Wildman–Crippen LogP) is 2.69. The molecule has 0 amide bonds. The number of anilines is 1. The number of aromatic hydroxyl groups is 1. The van der Waals surface area contributed by atoms with Crippen molar-refractivity contribution in [2.24, 2.45) is 5.73 Å². The van der Waals surface area contributed by atoms with Gasteiger partial charge >= 0.3 is 0 Å². The zero-order chi connectivity index (χ0) is 22.7. The lowest BCUT2D eigenvalue weighted by atomic mass is 10.0. The van der Waals surface area contributed by atoms with Gasteiger partial charge in [0.2, 0.25) is 10.0 Å². The van der Waals surface area contributed by atoms with Gasteiger partial charge in [0, 0.05) is 6.54 Å². The number of sulfonamides is 1. The molecule has 31 heavy (non-hydrogen) atoms. The highest BCUT2D eigenvalue weighted by Crippen LogP contribution is 2.27. The third-order valence-corrected chi connectivity index (χ3v) is 5.64. The highest BCUT2D eigenvalue weighted by atomic mass is 32.2. The van der Waals surface area contributed by atoms with Crippen LogP contribution in [-0.4, -0.2) is 44.5 Å². The fourth-order valence-electron chi connectivity index (χ4n) is 3.32. The van der Waals surface area contributed by atoms with Gasteiger partial charge in [0.25, 0.3) is 0 Å². The Morgan fingerprint density at radius 1 is 0.968 bits per heavy atom. The van der Waals surface area contributed by atoms with Crippen LogP contribution in [-0.2, 0) is 22.9 Å². The summed E-state index contributed by atoms with van der Waals surface area (Å²) >= 11 is 0. The minimum Gasteiger partial charge on any atom is -0.506 e. The molecule has 0 aromatic heterocycles. The lowest BCUT2D eigenvalue weighted by Gasteiger charge is -2.15. The van der Waals surface area contributed by atoms with Crippen LogP contribution in [0.15, 0.2) is 42.5 Å². The van der Waals surface area contributed by atoms with Crippen molar-refractivity contribution in [2.75, 3.05) is 30.6 Å². The molecule has 1 unspecified atom stereocenters. The average Bonchev–Trinajstić information content (AvgIpc) is 2.72. The molecule has 0 saturated carbocycles. The minimum absolute atomic E-state index is 0.0597. The van der Waals surface area contributed by atoms with Gasteiger partial charge in [-0.25, -0.2) is 8.42 Å². The van der Waals surface area contributed by atoms with Crippen LogP contribution in [0.2, 0.25) is 0 Å². The summed E-state index contributed by atoms with van der Waals surface area (Å²) in [5, 5.41) is 23.4. The highest BCUT2D eigenvalue weighted by molar-refractivity contribution is 7.92. The van der Waals surface area contributed by atoms with Gasteiger partial charge in [-0.15, -0.1) is 0 Å². The molecule has 0 saturated heterocycles. The summed E-state index contributed by atoms with van der Waals surface area (Å²) in [4.78, 5) is 0. The van der Waals surface area contributed by atoms with Crippen LogP contribution >= 0.6 is 0 Å². The normalized spacial score (nSPS) is 12.6. The van der Waals surface area contributed by atoms with E-state index in [0.29, 0.717) is 12.1 Å². The molecular weight excluding hydrogens is 414 g/mol. The first kappa shape index (κ1) is 25.1. The van der Waals surface area contributed by atoms with Crippen molar-refractivity contribution < 1.29 is 18.6 Å². The van der Waals surface area contributed by atoms with Crippen molar-refractivity contribution in [1.82, 2.24) is 5.32 Å². The van der Waals surface area contributed by atoms with E-state index in [0.717, 1.165) is 57.9 Å². The van der Waals surface area contributed by atoms with Gasteiger partial charge in [-0.1, -0.05) is 30.3 Å². The molecule has 0 radical (unpaired) electrons. The van der Waals surface area contributed by atoms with E-state index in [1.54, 1.807) is 6.07 Å². The molecule has 2 rings (SSSR count). The molecule has 0 fully saturated rings. The fourth-order valence-corrected chi connectivity index (χ4v) is 3.89. The summed E-state index contributed by atoms with van der Waals surface area (Å²) in [7, 11) is -3.51. The van der Waals surface area contributed by atoms with Crippen molar-refractivity contribution in [3.8, 4) is 5.75 Å². The third kappa shape index (κ3) is 9.69. The largest absolute Gasteiger partial charge is 0.506 e. The summed E-state index contributed by atoms with van der Waals surface area (Å²) in [6.45, 7) is 1.88. The smallest absolute Gasteiger partial charge is 0.229 e. The molecule has 0 aliphatic carbocycles. The summed E-state index contributed by atoms with van der Waals surface area (Å²) in [5.41, 5.74) is 8.81. The zero-order valence-corrected chi connectivity index (χ0v) is 19.0. The number of hydrogen-bond acceptors (Lipinski definition) is 6. The van der Waals surface area contributed by atoms with Crippen LogP contribution in [0, 0.1) is 0 Å². The first-order chi connectivity index (χ1) is 14.8. The van der Waals surface area contributed by atoms with Crippen LogP contribution in [0.5, 0.6) is 5.75 Å². The molecule has 6 N–H and O–H groups in total. The van der Waals surface area contributed by atoms with Gasteiger partial charge in [-0.05, 0) is 80.4 Å². The molecule has 1 atom stereocenters. The van der Waals surface area contributed by atoms with Crippen molar-refractivity contribution in [3.05, 3.63) is 59.2 Å².